The van der Waals surface area contributed by atoms with Crippen molar-refractivity contribution in [3.63, 3.8) is 0 Å². The number of likely N-dealkylation sites (tertiary alicyclic amines) is 1. The van der Waals surface area contributed by atoms with Gasteiger partial charge in [0.05, 0.1) is 12.4 Å². The Labute approximate surface area is 148 Å². The lowest BCUT2D eigenvalue weighted by atomic mass is 9.93. The van der Waals surface area contributed by atoms with Crippen LogP contribution in [0.5, 0.6) is 0 Å². The lowest BCUT2D eigenvalue weighted by molar-refractivity contribution is 0.198. The highest BCUT2D eigenvalue weighted by molar-refractivity contribution is 5.60. The van der Waals surface area contributed by atoms with Crippen LogP contribution in [0.4, 0.5) is 0 Å². The number of rotatable bonds is 4. The summed E-state index contributed by atoms with van der Waals surface area (Å²) in [4.78, 5) is 7.27. The van der Waals surface area contributed by atoms with Crippen LogP contribution in [0.15, 0.2) is 43.1 Å². The van der Waals surface area contributed by atoms with Gasteiger partial charge in [-0.25, -0.2) is 0 Å². The zero-order valence-corrected chi connectivity index (χ0v) is 14.8. The first-order valence-corrected chi connectivity index (χ1v) is 8.82. The number of hydrogen-bond acceptors (Lipinski definition) is 4. The van der Waals surface area contributed by atoms with E-state index in [1.165, 1.54) is 24.1 Å². The monoisotopic (exact) mass is 336 g/mol. The number of aromatic nitrogens is 5. The molecule has 0 saturated carbocycles. The lowest BCUT2D eigenvalue weighted by Gasteiger charge is -2.32. The summed E-state index contributed by atoms with van der Waals surface area (Å²) in [5.74, 6) is 0.508. The summed E-state index contributed by atoms with van der Waals surface area (Å²) in [5, 5.41) is 8.50. The van der Waals surface area contributed by atoms with Crippen LogP contribution in [0, 0.1) is 0 Å². The maximum Gasteiger partial charge on any atom is 0.0568 e. The molecule has 0 radical (unpaired) electrons. The highest BCUT2D eigenvalue weighted by Crippen LogP contribution is 2.28. The molecular formula is C19H24N6. The largest absolute Gasteiger partial charge is 0.298 e. The van der Waals surface area contributed by atoms with Gasteiger partial charge in [0, 0.05) is 74.1 Å². The van der Waals surface area contributed by atoms with E-state index in [2.05, 4.69) is 33.4 Å². The van der Waals surface area contributed by atoms with Crippen LogP contribution in [0.2, 0.25) is 0 Å². The Morgan fingerprint density at radius 2 is 1.84 bits per heavy atom. The summed E-state index contributed by atoms with van der Waals surface area (Å²) in [6.07, 6.45) is 12.4. The molecule has 0 spiro atoms. The normalized spacial score (nSPS) is 18.6. The van der Waals surface area contributed by atoms with E-state index < -0.39 is 0 Å². The maximum absolute atomic E-state index is 4.75. The molecule has 4 heterocycles. The van der Waals surface area contributed by atoms with Crippen molar-refractivity contribution in [1.82, 2.24) is 29.4 Å². The smallest absolute Gasteiger partial charge is 0.0568 e. The van der Waals surface area contributed by atoms with Crippen molar-refractivity contribution in [3.05, 3.63) is 54.4 Å². The highest BCUT2D eigenvalue weighted by atomic mass is 15.2. The van der Waals surface area contributed by atoms with Gasteiger partial charge in [0.2, 0.25) is 0 Å². The second-order valence-corrected chi connectivity index (χ2v) is 6.97. The van der Waals surface area contributed by atoms with Gasteiger partial charge in [-0.05, 0) is 25.5 Å². The molecule has 4 rings (SSSR count). The van der Waals surface area contributed by atoms with E-state index in [9.17, 15) is 0 Å². The van der Waals surface area contributed by atoms with E-state index in [4.69, 9.17) is 4.98 Å². The van der Waals surface area contributed by atoms with Gasteiger partial charge in [0.25, 0.3) is 0 Å². The van der Waals surface area contributed by atoms with Gasteiger partial charge in [-0.15, -0.1) is 0 Å². The van der Waals surface area contributed by atoms with Gasteiger partial charge < -0.3 is 0 Å². The van der Waals surface area contributed by atoms with Crippen LogP contribution in [-0.4, -0.2) is 42.5 Å². The van der Waals surface area contributed by atoms with E-state index in [1.807, 2.05) is 48.2 Å². The Kier molecular flexibility index (Phi) is 4.36. The third-order valence-corrected chi connectivity index (χ3v) is 4.91. The first kappa shape index (κ1) is 16.0. The van der Waals surface area contributed by atoms with Crippen molar-refractivity contribution >= 4 is 0 Å². The Morgan fingerprint density at radius 1 is 1.00 bits per heavy atom. The average molecular weight is 336 g/mol. The molecule has 0 unspecified atom stereocenters. The lowest BCUT2D eigenvalue weighted by Crippen LogP contribution is -2.34. The molecule has 0 amide bonds. The molecule has 1 atom stereocenters. The Hall–Kier alpha value is -2.47. The minimum atomic E-state index is 0.508. The minimum absolute atomic E-state index is 0.508. The topological polar surface area (TPSA) is 51.8 Å². The van der Waals surface area contributed by atoms with E-state index >= 15 is 0 Å². The molecule has 1 saturated heterocycles. The van der Waals surface area contributed by atoms with E-state index in [0.29, 0.717) is 5.92 Å². The predicted octanol–water partition coefficient (Wildman–Crippen LogP) is 2.60. The van der Waals surface area contributed by atoms with Crippen LogP contribution < -0.4 is 0 Å². The third-order valence-electron chi connectivity index (χ3n) is 4.91. The highest BCUT2D eigenvalue weighted by Gasteiger charge is 2.22. The molecule has 0 bridgehead atoms. The predicted molar refractivity (Wildman–Crippen MR) is 96.9 cm³/mol. The van der Waals surface area contributed by atoms with Crippen LogP contribution in [0.3, 0.4) is 0 Å². The molecule has 0 aromatic carbocycles. The molecule has 6 nitrogen and oxygen atoms in total. The van der Waals surface area contributed by atoms with Crippen molar-refractivity contribution in [3.8, 4) is 11.1 Å². The minimum Gasteiger partial charge on any atom is -0.298 e. The van der Waals surface area contributed by atoms with E-state index in [0.717, 1.165) is 30.8 Å². The molecule has 25 heavy (non-hydrogen) atoms. The van der Waals surface area contributed by atoms with Gasteiger partial charge in [-0.2, -0.15) is 10.2 Å². The second-order valence-electron chi connectivity index (χ2n) is 6.97. The number of pyridine rings is 1. The van der Waals surface area contributed by atoms with Gasteiger partial charge in [-0.3, -0.25) is 19.2 Å². The maximum atomic E-state index is 4.75. The molecule has 130 valence electrons. The van der Waals surface area contributed by atoms with Crippen LogP contribution in [0.25, 0.3) is 11.1 Å². The molecule has 6 heteroatoms. The Morgan fingerprint density at radius 3 is 2.52 bits per heavy atom. The molecule has 3 aromatic heterocycles. The molecule has 1 aliphatic rings. The molecule has 1 aliphatic heterocycles. The number of aryl methyl sites for hydroxylation is 2. The van der Waals surface area contributed by atoms with Crippen molar-refractivity contribution in [1.29, 1.82) is 0 Å². The van der Waals surface area contributed by atoms with E-state index in [-0.39, 0.29) is 0 Å². The summed E-state index contributed by atoms with van der Waals surface area (Å²) >= 11 is 0. The molecular weight excluding hydrogens is 312 g/mol. The van der Waals surface area contributed by atoms with Crippen LogP contribution in [0.1, 0.15) is 30.0 Å². The van der Waals surface area contributed by atoms with Gasteiger partial charge in [0.15, 0.2) is 0 Å². The van der Waals surface area contributed by atoms with Crippen molar-refractivity contribution in [2.75, 3.05) is 13.1 Å². The summed E-state index contributed by atoms with van der Waals surface area (Å²) in [6.45, 7) is 3.19. The molecule has 1 fully saturated rings. The molecule has 0 N–H and O–H groups in total. The SMILES string of the molecule is Cn1cc(CN2CCC[C@@H](c3ccc(-c4cnn(C)c4)cn3)C2)cn1. The number of nitrogens with zero attached hydrogens (tertiary/aromatic N) is 6. The van der Waals surface area contributed by atoms with Crippen molar-refractivity contribution < 1.29 is 0 Å². The Balaban J connectivity index is 1.44. The fourth-order valence-corrected chi connectivity index (χ4v) is 3.64. The second kappa shape index (κ2) is 6.80. The first-order chi connectivity index (χ1) is 12.2. The van der Waals surface area contributed by atoms with Gasteiger partial charge in [0.1, 0.15) is 0 Å². The molecule has 3 aromatic rings. The fourth-order valence-electron chi connectivity index (χ4n) is 3.64. The zero-order chi connectivity index (χ0) is 17.2. The van der Waals surface area contributed by atoms with Gasteiger partial charge in [-0.1, -0.05) is 6.07 Å². The zero-order valence-electron chi connectivity index (χ0n) is 14.8. The molecule has 0 aliphatic carbocycles. The third kappa shape index (κ3) is 3.64. The quantitative estimate of drug-likeness (QED) is 0.735. The number of hydrogen-bond donors (Lipinski definition) is 0. The van der Waals surface area contributed by atoms with Gasteiger partial charge >= 0.3 is 0 Å². The fraction of sp³-hybridized carbons (Fsp3) is 0.421. The van der Waals surface area contributed by atoms with E-state index in [1.54, 1.807) is 0 Å². The van der Waals surface area contributed by atoms with Crippen molar-refractivity contribution in [2.45, 2.75) is 25.3 Å². The number of piperidine rings is 1. The summed E-state index contributed by atoms with van der Waals surface area (Å²) in [5.41, 5.74) is 4.72. The average Bonchev–Trinajstić information content (AvgIpc) is 3.24. The summed E-state index contributed by atoms with van der Waals surface area (Å²) in [6, 6.07) is 4.35. The van der Waals surface area contributed by atoms with Crippen molar-refractivity contribution in [2.24, 2.45) is 14.1 Å². The first-order valence-electron chi connectivity index (χ1n) is 8.82. The Bertz CT molecular complexity index is 832. The van der Waals surface area contributed by atoms with Crippen LogP contribution >= 0.6 is 0 Å². The van der Waals surface area contributed by atoms with Crippen LogP contribution in [-0.2, 0) is 20.6 Å². The standard InChI is InChI=1S/C19H24N6/c1-23-11-15(8-21-23)12-25-7-3-4-17(14-25)19-6-5-16(9-20-19)18-10-22-24(2)13-18/h5-6,8-11,13,17H,3-4,7,12,14H2,1-2H3/t17-/m1/s1. The summed E-state index contributed by atoms with van der Waals surface area (Å²) < 4.78 is 3.69. The summed E-state index contributed by atoms with van der Waals surface area (Å²) in [7, 11) is 3.90.